The molecule has 1 atom stereocenters. The summed E-state index contributed by atoms with van der Waals surface area (Å²) in [6, 6.07) is 6.00. The van der Waals surface area contributed by atoms with E-state index in [1.165, 1.54) is 12.0 Å². The first-order valence-electron chi connectivity index (χ1n) is 6.50. The quantitative estimate of drug-likeness (QED) is 0.825. The predicted octanol–water partition coefficient (Wildman–Crippen LogP) is 3.03. The molecule has 0 spiro atoms. The van der Waals surface area contributed by atoms with Crippen molar-refractivity contribution in [2.45, 2.75) is 57.7 Å². The fourth-order valence-corrected chi connectivity index (χ4v) is 2.86. The van der Waals surface area contributed by atoms with Crippen LogP contribution >= 0.6 is 0 Å². The van der Waals surface area contributed by atoms with Crippen molar-refractivity contribution >= 4 is 0 Å². The first-order chi connectivity index (χ1) is 8.03. The van der Waals surface area contributed by atoms with Gasteiger partial charge < -0.3 is 10.2 Å². The molecular formula is C15H22O2. The average Bonchev–Trinajstić information content (AvgIpc) is 2.29. The van der Waals surface area contributed by atoms with Crippen molar-refractivity contribution in [2.75, 3.05) is 0 Å². The third kappa shape index (κ3) is 2.53. The summed E-state index contributed by atoms with van der Waals surface area (Å²) in [6.45, 7) is 4.04. The summed E-state index contributed by atoms with van der Waals surface area (Å²) >= 11 is 0. The van der Waals surface area contributed by atoms with Gasteiger partial charge in [-0.2, -0.15) is 0 Å². The largest absolute Gasteiger partial charge is 0.387 e. The summed E-state index contributed by atoms with van der Waals surface area (Å²) in [5.74, 6) is 0. The van der Waals surface area contributed by atoms with Crippen molar-refractivity contribution < 1.29 is 10.2 Å². The second-order valence-corrected chi connectivity index (χ2v) is 5.43. The van der Waals surface area contributed by atoms with E-state index in [4.69, 9.17) is 0 Å². The third-order valence-electron chi connectivity index (χ3n) is 3.95. The topological polar surface area (TPSA) is 40.5 Å². The Hall–Kier alpha value is -0.860. The van der Waals surface area contributed by atoms with Crippen molar-refractivity contribution in [2.24, 2.45) is 0 Å². The Balaban J connectivity index is 2.26. The zero-order valence-corrected chi connectivity index (χ0v) is 10.7. The van der Waals surface area contributed by atoms with Gasteiger partial charge in [-0.1, -0.05) is 43.0 Å². The smallest absolute Gasteiger partial charge is 0.108 e. The molecule has 1 fully saturated rings. The molecule has 2 N–H and O–H groups in total. The molecule has 2 rings (SSSR count). The van der Waals surface area contributed by atoms with Crippen LogP contribution in [0.1, 0.15) is 54.9 Å². The van der Waals surface area contributed by atoms with Gasteiger partial charge in [0.1, 0.15) is 6.10 Å². The van der Waals surface area contributed by atoms with Crippen LogP contribution in [0.5, 0.6) is 0 Å². The summed E-state index contributed by atoms with van der Waals surface area (Å²) in [7, 11) is 0. The van der Waals surface area contributed by atoms with Crippen LogP contribution < -0.4 is 0 Å². The van der Waals surface area contributed by atoms with E-state index in [9.17, 15) is 10.2 Å². The summed E-state index contributed by atoms with van der Waals surface area (Å²) in [6.07, 6.45) is 3.87. The molecule has 0 aromatic heterocycles. The van der Waals surface area contributed by atoms with Crippen LogP contribution in [0, 0.1) is 13.8 Å². The van der Waals surface area contributed by atoms with Crippen molar-refractivity contribution in [3.63, 3.8) is 0 Å². The van der Waals surface area contributed by atoms with E-state index in [1.54, 1.807) is 0 Å². The zero-order valence-electron chi connectivity index (χ0n) is 10.7. The van der Waals surface area contributed by atoms with Gasteiger partial charge in [0.15, 0.2) is 0 Å². The average molecular weight is 234 g/mol. The van der Waals surface area contributed by atoms with Crippen LogP contribution in [-0.4, -0.2) is 15.8 Å². The molecule has 1 aromatic carbocycles. The van der Waals surface area contributed by atoms with Gasteiger partial charge in [0.25, 0.3) is 0 Å². The van der Waals surface area contributed by atoms with E-state index < -0.39 is 11.7 Å². The van der Waals surface area contributed by atoms with Gasteiger partial charge in [-0.15, -0.1) is 0 Å². The molecule has 1 aliphatic rings. The molecule has 0 saturated heterocycles. The Bertz CT molecular complexity index is 392. The predicted molar refractivity (Wildman–Crippen MR) is 68.9 cm³/mol. The normalized spacial score (nSPS) is 21.2. The monoisotopic (exact) mass is 234 g/mol. The first-order valence-corrected chi connectivity index (χ1v) is 6.50. The molecule has 1 saturated carbocycles. The fourth-order valence-electron chi connectivity index (χ4n) is 2.86. The lowest BCUT2D eigenvalue weighted by Gasteiger charge is -2.37. The number of benzene rings is 1. The number of aliphatic hydroxyl groups is 2. The van der Waals surface area contributed by atoms with Gasteiger partial charge in [0.2, 0.25) is 0 Å². The maximum Gasteiger partial charge on any atom is 0.108 e. The molecule has 1 aliphatic carbocycles. The van der Waals surface area contributed by atoms with Crippen molar-refractivity contribution in [3.05, 3.63) is 34.9 Å². The van der Waals surface area contributed by atoms with E-state index >= 15 is 0 Å². The molecule has 0 heterocycles. The van der Waals surface area contributed by atoms with Crippen LogP contribution in [0.3, 0.4) is 0 Å². The van der Waals surface area contributed by atoms with Crippen LogP contribution in [0.25, 0.3) is 0 Å². The highest BCUT2D eigenvalue weighted by Crippen LogP contribution is 2.39. The van der Waals surface area contributed by atoms with Gasteiger partial charge in [0, 0.05) is 0 Å². The fraction of sp³-hybridized carbons (Fsp3) is 0.600. The van der Waals surface area contributed by atoms with E-state index in [1.807, 2.05) is 26.0 Å². The van der Waals surface area contributed by atoms with E-state index in [-0.39, 0.29) is 0 Å². The molecule has 2 nitrogen and oxygen atoms in total. The minimum absolute atomic E-state index is 0.710. The SMILES string of the molecule is Cc1ccc(C(O)C2(O)CCCCC2)c(C)c1. The van der Waals surface area contributed by atoms with Crippen LogP contribution in [0.15, 0.2) is 18.2 Å². The lowest BCUT2D eigenvalue weighted by Crippen LogP contribution is -2.38. The standard InChI is InChI=1S/C15H22O2/c1-11-6-7-13(12(2)10-11)14(16)15(17)8-4-3-5-9-15/h6-7,10,14,16-17H,3-5,8-9H2,1-2H3. The van der Waals surface area contributed by atoms with Gasteiger partial charge in [0.05, 0.1) is 5.60 Å². The minimum Gasteiger partial charge on any atom is -0.387 e. The van der Waals surface area contributed by atoms with Crippen LogP contribution in [0.4, 0.5) is 0 Å². The summed E-state index contributed by atoms with van der Waals surface area (Å²) < 4.78 is 0. The number of hydrogen-bond acceptors (Lipinski definition) is 2. The van der Waals surface area contributed by atoms with Gasteiger partial charge in [-0.05, 0) is 37.8 Å². The first kappa shape index (κ1) is 12.6. The van der Waals surface area contributed by atoms with Crippen molar-refractivity contribution in [1.82, 2.24) is 0 Å². The van der Waals surface area contributed by atoms with Gasteiger partial charge in [-0.3, -0.25) is 0 Å². The Morgan fingerprint density at radius 1 is 1.12 bits per heavy atom. The molecule has 0 aliphatic heterocycles. The second-order valence-electron chi connectivity index (χ2n) is 5.43. The minimum atomic E-state index is -0.918. The maximum absolute atomic E-state index is 10.5. The highest BCUT2D eigenvalue weighted by atomic mass is 16.3. The van der Waals surface area contributed by atoms with Crippen LogP contribution in [-0.2, 0) is 0 Å². The van der Waals surface area contributed by atoms with Crippen LogP contribution in [0.2, 0.25) is 0 Å². The number of aryl methyl sites for hydroxylation is 2. The van der Waals surface area contributed by atoms with Gasteiger partial charge in [-0.25, -0.2) is 0 Å². The number of rotatable bonds is 2. The molecular weight excluding hydrogens is 212 g/mol. The second kappa shape index (κ2) is 4.79. The molecule has 2 heteroatoms. The number of aliphatic hydroxyl groups excluding tert-OH is 1. The Labute approximate surface area is 103 Å². The van der Waals surface area contributed by atoms with E-state index in [2.05, 4.69) is 6.07 Å². The zero-order chi connectivity index (χ0) is 12.5. The summed E-state index contributed by atoms with van der Waals surface area (Å²) in [5, 5.41) is 21.0. The Kier molecular flexibility index (Phi) is 3.55. The highest BCUT2D eigenvalue weighted by Gasteiger charge is 2.38. The molecule has 0 amide bonds. The maximum atomic E-state index is 10.5. The van der Waals surface area contributed by atoms with Gasteiger partial charge >= 0.3 is 0 Å². The lowest BCUT2D eigenvalue weighted by atomic mass is 9.77. The molecule has 1 unspecified atom stereocenters. The molecule has 94 valence electrons. The molecule has 1 aromatic rings. The number of hydrogen-bond donors (Lipinski definition) is 2. The molecule has 17 heavy (non-hydrogen) atoms. The van der Waals surface area contributed by atoms with E-state index in [0.29, 0.717) is 12.8 Å². The van der Waals surface area contributed by atoms with E-state index in [0.717, 1.165) is 24.0 Å². The van der Waals surface area contributed by atoms with Crippen molar-refractivity contribution in [1.29, 1.82) is 0 Å². The summed E-state index contributed by atoms with van der Waals surface area (Å²) in [5.41, 5.74) is 2.21. The molecule has 0 radical (unpaired) electrons. The lowest BCUT2D eigenvalue weighted by molar-refractivity contribution is -0.0994. The molecule has 0 bridgehead atoms. The third-order valence-corrected chi connectivity index (χ3v) is 3.95. The van der Waals surface area contributed by atoms with Crippen molar-refractivity contribution in [3.8, 4) is 0 Å². The summed E-state index contributed by atoms with van der Waals surface area (Å²) in [4.78, 5) is 0. The Morgan fingerprint density at radius 2 is 1.76 bits per heavy atom. The highest BCUT2D eigenvalue weighted by molar-refractivity contribution is 5.33. The Morgan fingerprint density at radius 3 is 2.35 bits per heavy atom.